The Morgan fingerprint density at radius 3 is 1.41 bits per heavy atom. The predicted molar refractivity (Wildman–Crippen MR) is 196 cm³/mol. The van der Waals surface area contributed by atoms with Crippen LogP contribution in [-0.4, -0.2) is 36.4 Å². The number of hydrogen-bond donors (Lipinski definition) is 1. The van der Waals surface area contributed by atoms with E-state index in [9.17, 15) is 14.7 Å². The third-order valence-electron chi connectivity index (χ3n) is 7.80. The summed E-state index contributed by atoms with van der Waals surface area (Å²) >= 11 is 0. The summed E-state index contributed by atoms with van der Waals surface area (Å²) in [5.74, 6) is -0.624. The topological polar surface area (TPSA) is 72.8 Å². The van der Waals surface area contributed by atoms with Gasteiger partial charge in [-0.15, -0.1) is 0 Å². The van der Waals surface area contributed by atoms with Crippen molar-refractivity contribution >= 4 is 11.9 Å². The molecule has 0 aromatic heterocycles. The second-order valence-corrected chi connectivity index (χ2v) is 12.3. The Hall–Kier alpha value is -2.40. The molecule has 0 fully saturated rings. The molecule has 0 saturated heterocycles. The van der Waals surface area contributed by atoms with E-state index in [0.717, 1.165) is 83.5 Å². The number of carbonyl (C=O) groups excluding carboxylic acids is 2. The number of rotatable bonds is 33. The monoisotopic (exact) mass is 643 g/mol. The molecule has 46 heavy (non-hydrogen) atoms. The van der Waals surface area contributed by atoms with Crippen molar-refractivity contribution in [1.82, 2.24) is 0 Å². The van der Waals surface area contributed by atoms with Gasteiger partial charge in [-0.1, -0.05) is 139 Å². The third-order valence-corrected chi connectivity index (χ3v) is 7.80. The van der Waals surface area contributed by atoms with Gasteiger partial charge in [0.2, 0.25) is 0 Å². The molecule has 0 unspecified atom stereocenters. The van der Waals surface area contributed by atoms with E-state index in [0.29, 0.717) is 12.8 Å². The molecule has 1 N–H and O–H groups in total. The SMILES string of the molecule is CCC=CCC=CCC=CCCCCCCCC(=O)OC[C@H](CO)OC(=O)CCCCCCCCCC=CCC=CCCCCC. The minimum absolute atomic E-state index is 0.0804. The Morgan fingerprint density at radius 1 is 0.522 bits per heavy atom. The Kier molecular flexibility index (Phi) is 35.1. The highest BCUT2D eigenvalue weighted by Gasteiger charge is 2.16. The second-order valence-electron chi connectivity index (χ2n) is 12.3. The van der Waals surface area contributed by atoms with Crippen LogP contribution in [0.15, 0.2) is 60.8 Å². The minimum atomic E-state index is -0.784. The molecule has 5 heteroatoms. The molecule has 264 valence electrons. The number of aliphatic hydroxyl groups excluding tert-OH is 1. The fourth-order valence-electron chi connectivity index (χ4n) is 4.95. The molecule has 0 spiro atoms. The molecule has 0 amide bonds. The minimum Gasteiger partial charge on any atom is -0.462 e. The fourth-order valence-corrected chi connectivity index (χ4v) is 4.95. The molecule has 0 radical (unpaired) electrons. The van der Waals surface area contributed by atoms with Crippen molar-refractivity contribution in [1.29, 1.82) is 0 Å². The van der Waals surface area contributed by atoms with Gasteiger partial charge < -0.3 is 14.6 Å². The number of ether oxygens (including phenoxy) is 2. The van der Waals surface area contributed by atoms with Crippen molar-refractivity contribution in [2.75, 3.05) is 13.2 Å². The lowest BCUT2D eigenvalue weighted by molar-refractivity contribution is -0.161. The van der Waals surface area contributed by atoms with Gasteiger partial charge in [-0.3, -0.25) is 9.59 Å². The number of aliphatic hydroxyl groups is 1. The van der Waals surface area contributed by atoms with Crippen LogP contribution in [0.5, 0.6) is 0 Å². The first-order valence-electron chi connectivity index (χ1n) is 18.8. The summed E-state index contributed by atoms with van der Waals surface area (Å²) in [5.41, 5.74) is 0. The largest absolute Gasteiger partial charge is 0.462 e. The van der Waals surface area contributed by atoms with Gasteiger partial charge in [0, 0.05) is 12.8 Å². The predicted octanol–water partition coefficient (Wildman–Crippen LogP) is 11.6. The van der Waals surface area contributed by atoms with Gasteiger partial charge >= 0.3 is 11.9 Å². The van der Waals surface area contributed by atoms with E-state index in [4.69, 9.17) is 9.47 Å². The van der Waals surface area contributed by atoms with E-state index >= 15 is 0 Å². The quantitative estimate of drug-likeness (QED) is 0.0438. The van der Waals surface area contributed by atoms with Crippen molar-refractivity contribution < 1.29 is 24.2 Å². The maximum Gasteiger partial charge on any atom is 0.306 e. The van der Waals surface area contributed by atoms with Crippen LogP contribution in [0.4, 0.5) is 0 Å². The molecule has 0 aliphatic rings. The zero-order chi connectivity index (χ0) is 33.6. The molecular formula is C41H70O5. The van der Waals surface area contributed by atoms with Crippen molar-refractivity contribution in [3.63, 3.8) is 0 Å². The van der Waals surface area contributed by atoms with Crippen LogP contribution < -0.4 is 0 Å². The molecule has 0 bridgehead atoms. The highest BCUT2D eigenvalue weighted by molar-refractivity contribution is 5.70. The average molecular weight is 643 g/mol. The molecule has 0 aromatic rings. The standard InChI is InChI=1S/C41H70O5/c1-3-5-7-9-11-13-15-17-19-20-22-24-26-28-30-32-34-36-41(44)46-39(37-42)38-45-40(43)35-33-31-29-27-25-23-21-18-16-14-12-10-8-6-4-2/h6,8,11-14,17-19,21,39,42H,3-5,7,9-10,15-16,20,22-38H2,1-2H3/t39-/m0/s1. The van der Waals surface area contributed by atoms with Crippen LogP contribution in [0.3, 0.4) is 0 Å². The molecule has 0 aliphatic heterocycles. The zero-order valence-corrected chi connectivity index (χ0v) is 29.8. The molecule has 1 atom stereocenters. The van der Waals surface area contributed by atoms with Gasteiger partial charge in [0.1, 0.15) is 6.61 Å². The average Bonchev–Trinajstić information content (AvgIpc) is 3.06. The normalized spacial score (nSPS) is 12.8. The van der Waals surface area contributed by atoms with E-state index in [1.807, 2.05) is 0 Å². The lowest BCUT2D eigenvalue weighted by atomic mass is 10.1. The fraction of sp³-hybridized carbons (Fsp3) is 0.707. The van der Waals surface area contributed by atoms with Gasteiger partial charge in [-0.2, -0.15) is 0 Å². The molecule has 0 rings (SSSR count). The third kappa shape index (κ3) is 34.5. The van der Waals surface area contributed by atoms with Gasteiger partial charge in [0.15, 0.2) is 6.10 Å². The second kappa shape index (κ2) is 37.1. The van der Waals surface area contributed by atoms with Crippen LogP contribution in [0.1, 0.15) is 168 Å². The van der Waals surface area contributed by atoms with Crippen molar-refractivity contribution in [2.45, 2.75) is 174 Å². The van der Waals surface area contributed by atoms with E-state index in [1.165, 1.54) is 57.8 Å². The smallest absolute Gasteiger partial charge is 0.306 e. The maximum absolute atomic E-state index is 12.2. The van der Waals surface area contributed by atoms with Crippen molar-refractivity contribution in [3.8, 4) is 0 Å². The van der Waals surface area contributed by atoms with Crippen LogP contribution in [0, 0.1) is 0 Å². The zero-order valence-electron chi connectivity index (χ0n) is 29.8. The Balaban J connectivity index is 3.62. The molecule has 0 aromatic carbocycles. The number of unbranched alkanes of at least 4 members (excludes halogenated alkanes) is 15. The summed E-state index contributed by atoms with van der Waals surface area (Å²) in [6, 6.07) is 0. The van der Waals surface area contributed by atoms with E-state index in [2.05, 4.69) is 74.6 Å². The molecule has 0 aliphatic carbocycles. The summed E-state index contributed by atoms with van der Waals surface area (Å²) in [5, 5.41) is 9.54. The highest BCUT2D eigenvalue weighted by Crippen LogP contribution is 2.12. The van der Waals surface area contributed by atoms with Crippen LogP contribution in [0.2, 0.25) is 0 Å². The van der Waals surface area contributed by atoms with E-state index < -0.39 is 6.10 Å². The molecule has 5 nitrogen and oxygen atoms in total. The summed E-state index contributed by atoms with van der Waals surface area (Å²) < 4.78 is 10.6. The van der Waals surface area contributed by atoms with Crippen molar-refractivity contribution in [3.05, 3.63) is 60.8 Å². The Bertz CT molecular complexity index is 823. The van der Waals surface area contributed by atoms with Gasteiger partial charge in [0.05, 0.1) is 6.61 Å². The number of carbonyl (C=O) groups is 2. The number of hydrogen-bond acceptors (Lipinski definition) is 5. The molecular weight excluding hydrogens is 572 g/mol. The summed E-state index contributed by atoms with van der Waals surface area (Å²) in [6.45, 7) is 3.96. The van der Waals surface area contributed by atoms with E-state index in [-0.39, 0.29) is 25.2 Å². The first-order chi connectivity index (χ1) is 22.6. The molecule has 0 saturated carbocycles. The first-order valence-corrected chi connectivity index (χ1v) is 18.8. The van der Waals surface area contributed by atoms with Crippen LogP contribution in [0.25, 0.3) is 0 Å². The highest BCUT2D eigenvalue weighted by atomic mass is 16.6. The Labute approximate surface area is 283 Å². The van der Waals surface area contributed by atoms with Gasteiger partial charge in [-0.05, 0) is 77.0 Å². The summed E-state index contributed by atoms with van der Waals surface area (Å²) in [7, 11) is 0. The summed E-state index contributed by atoms with van der Waals surface area (Å²) in [6.07, 6.45) is 47.0. The van der Waals surface area contributed by atoms with Crippen molar-refractivity contribution in [2.24, 2.45) is 0 Å². The number of allylic oxidation sites excluding steroid dienone is 10. The number of esters is 2. The van der Waals surface area contributed by atoms with Crippen LogP contribution >= 0.6 is 0 Å². The lowest BCUT2D eigenvalue weighted by Crippen LogP contribution is -2.28. The van der Waals surface area contributed by atoms with Gasteiger partial charge in [0.25, 0.3) is 0 Å². The van der Waals surface area contributed by atoms with Crippen LogP contribution in [-0.2, 0) is 19.1 Å². The maximum atomic E-state index is 12.2. The Morgan fingerprint density at radius 2 is 0.935 bits per heavy atom. The first kappa shape index (κ1) is 43.6. The summed E-state index contributed by atoms with van der Waals surface area (Å²) in [4.78, 5) is 24.2. The van der Waals surface area contributed by atoms with Gasteiger partial charge in [-0.25, -0.2) is 0 Å². The lowest BCUT2D eigenvalue weighted by Gasteiger charge is -2.15. The van der Waals surface area contributed by atoms with E-state index in [1.54, 1.807) is 0 Å². The molecule has 0 heterocycles.